The molecule has 134 valence electrons. The molecule has 0 spiro atoms. The van der Waals surface area contributed by atoms with E-state index in [9.17, 15) is 4.39 Å². The zero-order chi connectivity index (χ0) is 17.9. The van der Waals surface area contributed by atoms with Crippen molar-refractivity contribution in [1.29, 1.82) is 0 Å². The maximum atomic E-state index is 13.1. The Morgan fingerprint density at radius 3 is 2.69 bits per heavy atom. The molecule has 1 aromatic carbocycles. The molecule has 0 bridgehead atoms. The molecule has 0 radical (unpaired) electrons. The molecule has 1 unspecified atom stereocenters. The molecular weight excluding hydrogens is 357 g/mol. The predicted octanol–water partition coefficient (Wildman–Crippen LogP) is 4.58. The van der Waals surface area contributed by atoms with Crippen LogP contribution in [-0.4, -0.2) is 26.4 Å². The van der Waals surface area contributed by atoms with E-state index in [0.717, 1.165) is 24.9 Å². The predicted molar refractivity (Wildman–Crippen MR) is 96.8 cm³/mol. The van der Waals surface area contributed by atoms with E-state index in [4.69, 9.17) is 16.3 Å². The van der Waals surface area contributed by atoms with Gasteiger partial charge in [0.15, 0.2) is 12.1 Å². The fourth-order valence-corrected chi connectivity index (χ4v) is 2.94. The average molecular weight is 374 g/mol. The van der Waals surface area contributed by atoms with E-state index < -0.39 is 5.95 Å². The summed E-state index contributed by atoms with van der Waals surface area (Å²) < 4.78 is 20.7. The number of aromatic nitrogens is 4. The van der Waals surface area contributed by atoms with Gasteiger partial charge in [-0.15, -0.1) is 5.10 Å². The van der Waals surface area contributed by atoms with Crippen molar-refractivity contribution in [2.75, 3.05) is 11.9 Å². The molecule has 6 nitrogen and oxygen atoms in total. The fourth-order valence-electron chi connectivity index (χ4n) is 2.82. The SMILES string of the molecule is Fc1ccc(-c2nc(Nc3ccc(Cl)cc3)n(C3CCCCO3)n2)cn1. The minimum absolute atomic E-state index is 0.187. The number of rotatable bonds is 4. The van der Waals surface area contributed by atoms with Crippen LogP contribution in [-0.2, 0) is 4.74 Å². The highest BCUT2D eigenvalue weighted by Gasteiger charge is 2.22. The number of hydrogen-bond donors (Lipinski definition) is 1. The average Bonchev–Trinajstić information content (AvgIpc) is 3.09. The van der Waals surface area contributed by atoms with Gasteiger partial charge in [-0.2, -0.15) is 9.37 Å². The van der Waals surface area contributed by atoms with Crippen molar-refractivity contribution in [1.82, 2.24) is 19.7 Å². The van der Waals surface area contributed by atoms with Gasteiger partial charge in [0.05, 0.1) is 0 Å². The monoisotopic (exact) mass is 373 g/mol. The topological polar surface area (TPSA) is 64.9 Å². The third-order valence-electron chi connectivity index (χ3n) is 4.15. The molecule has 1 saturated heterocycles. The van der Waals surface area contributed by atoms with E-state index in [1.54, 1.807) is 22.9 Å². The molecule has 1 fully saturated rings. The number of benzene rings is 1. The van der Waals surface area contributed by atoms with Crippen molar-refractivity contribution < 1.29 is 9.13 Å². The van der Waals surface area contributed by atoms with Crippen LogP contribution in [0.25, 0.3) is 11.4 Å². The molecule has 3 aromatic rings. The first kappa shape index (κ1) is 16.9. The summed E-state index contributed by atoms with van der Waals surface area (Å²) in [6.45, 7) is 0.693. The number of anilines is 2. The van der Waals surface area contributed by atoms with E-state index in [1.165, 1.54) is 12.3 Å². The van der Waals surface area contributed by atoms with Gasteiger partial charge in [-0.3, -0.25) is 0 Å². The highest BCUT2D eigenvalue weighted by Crippen LogP contribution is 2.29. The Morgan fingerprint density at radius 1 is 1.15 bits per heavy atom. The van der Waals surface area contributed by atoms with Crippen LogP contribution in [0.15, 0.2) is 42.6 Å². The molecule has 26 heavy (non-hydrogen) atoms. The van der Waals surface area contributed by atoms with Crippen LogP contribution in [0.3, 0.4) is 0 Å². The first-order valence-electron chi connectivity index (χ1n) is 8.42. The van der Waals surface area contributed by atoms with Gasteiger partial charge in [-0.05, 0) is 55.7 Å². The van der Waals surface area contributed by atoms with Crippen molar-refractivity contribution in [2.45, 2.75) is 25.5 Å². The zero-order valence-corrected chi connectivity index (χ0v) is 14.7. The molecule has 8 heteroatoms. The highest BCUT2D eigenvalue weighted by atomic mass is 35.5. The highest BCUT2D eigenvalue weighted by molar-refractivity contribution is 6.30. The minimum atomic E-state index is -0.539. The van der Waals surface area contributed by atoms with E-state index in [0.29, 0.717) is 29.0 Å². The fraction of sp³-hybridized carbons (Fsp3) is 0.278. The summed E-state index contributed by atoms with van der Waals surface area (Å²) in [5, 5.41) is 8.49. The Hall–Kier alpha value is -2.51. The standard InChI is InChI=1S/C18H17ClFN5O/c19-13-5-7-14(8-6-13)22-18-23-17(12-4-9-15(20)21-11-12)24-25(18)16-3-1-2-10-26-16/h4-9,11,16H,1-3,10H2,(H,22,23,24). The van der Waals surface area contributed by atoms with Gasteiger partial charge < -0.3 is 10.1 Å². The molecule has 1 atom stereocenters. The summed E-state index contributed by atoms with van der Waals surface area (Å²) in [6, 6.07) is 10.2. The van der Waals surface area contributed by atoms with Gasteiger partial charge in [-0.1, -0.05) is 11.6 Å². The Labute approximate surface area is 155 Å². The first-order valence-corrected chi connectivity index (χ1v) is 8.79. The molecule has 0 amide bonds. The summed E-state index contributed by atoms with van der Waals surface area (Å²) in [5.41, 5.74) is 1.47. The lowest BCUT2D eigenvalue weighted by atomic mass is 10.2. The normalized spacial score (nSPS) is 17.2. The molecule has 1 aliphatic heterocycles. The second kappa shape index (κ2) is 7.39. The Kier molecular flexibility index (Phi) is 4.81. The van der Waals surface area contributed by atoms with Crippen molar-refractivity contribution in [3.8, 4) is 11.4 Å². The summed E-state index contributed by atoms with van der Waals surface area (Å²) >= 11 is 5.95. The third-order valence-corrected chi connectivity index (χ3v) is 4.40. The second-order valence-corrected chi connectivity index (χ2v) is 6.46. The molecule has 0 aliphatic carbocycles. The quantitative estimate of drug-likeness (QED) is 0.678. The number of nitrogens with zero attached hydrogens (tertiary/aromatic N) is 4. The number of nitrogens with one attached hydrogen (secondary N) is 1. The molecular formula is C18H17ClFN5O. The number of hydrogen-bond acceptors (Lipinski definition) is 5. The molecule has 2 aromatic heterocycles. The lowest BCUT2D eigenvalue weighted by Gasteiger charge is -2.23. The Balaban J connectivity index is 1.69. The lowest BCUT2D eigenvalue weighted by Crippen LogP contribution is -2.20. The smallest absolute Gasteiger partial charge is 0.228 e. The van der Waals surface area contributed by atoms with E-state index in [1.807, 2.05) is 12.1 Å². The van der Waals surface area contributed by atoms with Gasteiger partial charge in [0, 0.05) is 29.1 Å². The Bertz CT molecular complexity index is 876. The van der Waals surface area contributed by atoms with Crippen molar-refractivity contribution in [3.05, 3.63) is 53.6 Å². The van der Waals surface area contributed by atoms with Crippen molar-refractivity contribution in [2.24, 2.45) is 0 Å². The Morgan fingerprint density at radius 2 is 2.00 bits per heavy atom. The number of pyridine rings is 1. The van der Waals surface area contributed by atoms with E-state index in [2.05, 4.69) is 20.4 Å². The number of ether oxygens (including phenoxy) is 1. The lowest BCUT2D eigenvalue weighted by molar-refractivity contribution is -0.0380. The maximum absolute atomic E-state index is 13.1. The number of halogens is 2. The third kappa shape index (κ3) is 3.68. The maximum Gasteiger partial charge on any atom is 0.228 e. The van der Waals surface area contributed by atoms with Crippen LogP contribution in [0.1, 0.15) is 25.5 Å². The van der Waals surface area contributed by atoms with Gasteiger partial charge in [0.1, 0.15) is 0 Å². The van der Waals surface area contributed by atoms with Crippen LogP contribution in [0.4, 0.5) is 16.0 Å². The summed E-state index contributed by atoms with van der Waals surface area (Å²) in [6.07, 6.45) is 4.20. The van der Waals surface area contributed by atoms with Crippen molar-refractivity contribution >= 4 is 23.2 Å². The van der Waals surface area contributed by atoms with Crippen LogP contribution in [0.5, 0.6) is 0 Å². The molecule has 4 rings (SSSR count). The van der Waals surface area contributed by atoms with Gasteiger partial charge in [-0.25, -0.2) is 9.67 Å². The van der Waals surface area contributed by atoms with Gasteiger partial charge >= 0.3 is 0 Å². The van der Waals surface area contributed by atoms with Crippen LogP contribution in [0.2, 0.25) is 5.02 Å². The van der Waals surface area contributed by atoms with E-state index in [-0.39, 0.29) is 6.23 Å². The van der Waals surface area contributed by atoms with Crippen LogP contribution >= 0.6 is 11.6 Å². The van der Waals surface area contributed by atoms with Gasteiger partial charge in [0.2, 0.25) is 11.9 Å². The molecule has 0 saturated carbocycles. The van der Waals surface area contributed by atoms with Crippen LogP contribution in [0, 0.1) is 5.95 Å². The summed E-state index contributed by atoms with van der Waals surface area (Å²) in [7, 11) is 0. The zero-order valence-electron chi connectivity index (χ0n) is 13.9. The summed E-state index contributed by atoms with van der Waals surface area (Å²) in [5.74, 6) is 0.477. The van der Waals surface area contributed by atoms with Gasteiger partial charge in [0.25, 0.3) is 0 Å². The van der Waals surface area contributed by atoms with Crippen LogP contribution < -0.4 is 5.32 Å². The molecule has 1 N–H and O–H groups in total. The second-order valence-electron chi connectivity index (χ2n) is 6.03. The van der Waals surface area contributed by atoms with E-state index >= 15 is 0 Å². The minimum Gasteiger partial charge on any atom is -0.356 e. The first-order chi connectivity index (χ1) is 12.7. The molecule has 3 heterocycles. The van der Waals surface area contributed by atoms with Crippen molar-refractivity contribution in [3.63, 3.8) is 0 Å². The summed E-state index contributed by atoms with van der Waals surface area (Å²) in [4.78, 5) is 8.25. The molecule has 1 aliphatic rings. The largest absolute Gasteiger partial charge is 0.356 e.